The molecule has 0 radical (unpaired) electrons. The highest BCUT2D eigenvalue weighted by molar-refractivity contribution is 8.00. The van der Waals surface area contributed by atoms with Crippen molar-refractivity contribution in [3.63, 3.8) is 0 Å². The Balaban J connectivity index is 1.94. The van der Waals surface area contributed by atoms with E-state index in [1.807, 2.05) is 37.3 Å². The highest BCUT2D eigenvalue weighted by Gasteiger charge is 2.20. The highest BCUT2D eigenvalue weighted by atomic mass is 32.2. The summed E-state index contributed by atoms with van der Waals surface area (Å²) in [6.07, 6.45) is 5.90. The van der Waals surface area contributed by atoms with E-state index >= 15 is 0 Å². The predicted octanol–water partition coefficient (Wildman–Crippen LogP) is 5.35. The first-order valence-corrected chi connectivity index (χ1v) is 10.2. The smallest absolute Gasteiger partial charge is 0.307 e. The molecule has 29 heavy (non-hydrogen) atoms. The summed E-state index contributed by atoms with van der Waals surface area (Å²) >= 11 is 1.57. The van der Waals surface area contributed by atoms with E-state index in [0.717, 1.165) is 27.0 Å². The van der Waals surface area contributed by atoms with Crippen molar-refractivity contribution < 1.29 is 9.53 Å². The number of carbonyl (C=O) groups is 1. The Bertz CT molecular complexity index is 1010. The Morgan fingerprint density at radius 1 is 1.10 bits per heavy atom. The normalized spacial score (nSPS) is 11.5. The third-order valence-electron chi connectivity index (χ3n) is 4.72. The molecule has 1 N–H and O–H groups in total. The Kier molecular flexibility index (Phi) is 7.04. The first-order chi connectivity index (χ1) is 14.1. The predicted molar refractivity (Wildman–Crippen MR) is 122 cm³/mol. The van der Waals surface area contributed by atoms with E-state index in [2.05, 4.69) is 51.9 Å². The van der Waals surface area contributed by atoms with Crippen molar-refractivity contribution in [1.29, 1.82) is 0 Å². The molecule has 0 saturated heterocycles. The molecular formula is C24H24N2O2S. The summed E-state index contributed by atoms with van der Waals surface area (Å²) in [6, 6.07) is 22.4. The molecule has 0 aromatic heterocycles. The van der Waals surface area contributed by atoms with Crippen LogP contribution in [0.2, 0.25) is 0 Å². The number of hydrogen-bond donors (Lipinski definition) is 1. The van der Waals surface area contributed by atoms with E-state index < -0.39 is 0 Å². The van der Waals surface area contributed by atoms with Crippen molar-refractivity contribution in [2.24, 2.45) is 0 Å². The lowest BCUT2D eigenvalue weighted by Crippen LogP contribution is -2.35. The number of carbonyl (C=O) groups excluding carboxylic acids is 1. The number of anilines is 2. The number of rotatable bonds is 8. The Morgan fingerprint density at radius 3 is 2.48 bits per heavy atom. The van der Waals surface area contributed by atoms with Gasteiger partial charge in [0.25, 0.3) is 0 Å². The minimum Gasteiger partial charge on any atom is -0.469 e. The molecule has 0 saturated carbocycles. The molecule has 4 nitrogen and oxygen atoms in total. The Labute approximate surface area is 176 Å². The van der Waals surface area contributed by atoms with Crippen molar-refractivity contribution in [2.45, 2.75) is 24.3 Å². The van der Waals surface area contributed by atoms with Crippen LogP contribution in [0.3, 0.4) is 0 Å². The third-order valence-corrected chi connectivity index (χ3v) is 5.55. The molecule has 0 aliphatic heterocycles. The fourth-order valence-electron chi connectivity index (χ4n) is 3.24. The first kappa shape index (κ1) is 20.6. The summed E-state index contributed by atoms with van der Waals surface area (Å²) in [5.41, 5.74) is 2.03. The first-order valence-electron chi connectivity index (χ1n) is 9.40. The molecule has 0 amide bonds. The van der Waals surface area contributed by atoms with Crippen LogP contribution in [0.25, 0.3) is 10.8 Å². The monoisotopic (exact) mass is 404 g/mol. The zero-order valence-electron chi connectivity index (χ0n) is 16.6. The standard InChI is InChI=1S/C24H24N2O2S/c1-4-16-26(18(2)17-24(27)28-3)23-15-14-22(20-12-8-9-13-21(20)23)25-29-19-10-6-5-7-11-19/h1,5-15,18,25H,16-17H2,2-3H3/t18-/m0/s1. The van der Waals surface area contributed by atoms with Gasteiger partial charge in [0, 0.05) is 27.4 Å². The second kappa shape index (κ2) is 9.90. The number of methoxy groups -OCH3 is 1. The van der Waals surface area contributed by atoms with Crippen LogP contribution in [-0.2, 0) is 9.53 Å². The van der Waals surface area contributed by atoms with Crippen LogP contribution in [-0.4, -0.2) is 25.7 Å². The number of hydrogen-bond acceptors (Lipinski definition) is 5. The van der Waals surface area contributed by atoms with E-state index in [0.29, 0.717) is 6.54 Å². The number of esters is 1. The number of nitrogens with one attached hydrogen (secondary N) is 1. The van der Waals surface area contributed by atoms with Crippen molar-refractivity contribution in [3.05, 3.63) is 66.7 Å². The zero-order chi connectivity index (χ0) is 20.6. The summed E-state index contributed by atoms with van der Waals surface area (Å²) in [5.74, 6) is 2.47. The molecule has 148 valence electrons. The lowest BCUT2D eigenvalue weighted by Gasteiger charge is -2.30. The number of nitrogens with zero attached hydrogens (tertiary/aromatic N) is 1. The van der Waals surface area contributed by atoms with Gasteiger partial charge in [0.05, 0.1) is 25.8 Å². The van der Waals surface area contributed by atoms with Gasteiger partial charge in [-0.3, -0.25) is 4.79 Å². The number of ether oxygens (including phenoxy) is 1. The fraction of sp³-hybridized carbons (Fsp3) is 0.208. The van der Waals surface area contributed by atoms with Gasteiger partial charge in [-0.2, -0.15) is 0 Å². The summed E-state index contributed by atoms with van der Waals surface area (Å²) in [5, 5.41) is 2.18. The van der Waals surface area contributed by atoms with Crippen molar-refractivity contribution in [1.82, 2.24) is 0 Å². The third kappa shape index (κ3) is 5.04. The highest BCUT2D eigenvalue weighted by Crippen LogP contribution is 2.35. The molecule has 0 unspecified atom stereocenters. The van der Waals surface area contributed by atoms with Gasteiger partial charge < -0.3 is 14.4 Å². The molecule has 3 rings (SSSR count). The number of fused-ring (bicyclic) bond motifs is 1. The molecule has 3 aromatic carbocycles. The van der Waals surface area contributed by atoms with Crippen molar-refractivity contribution >= 4 is 40.1 Å². The van der Waals surface area contributed by atoms with Gasteiger partial charge >= 0.3 is 5.97 Å². The van der Waals surface area contributed by atoms with Gasteiger partial charge in [0.2, 0.25) is 0 Å². The van der Waals surface area contributed by atoms with Gasteiger partial charge in [-0.25, -0.2) is 0 Å². The molecule has 0 aliphatic rings. The minimum atomic E-state index is -0.249. The molecule has 5 heteroatoms. The molecule has 0 aliphatic carbocycles. The maximum Gasteiger partial charge on any atom is 0.307 e. The molecule has 0 heterocycles. The van der Waals surface area contributed by atoms with Crippen molar-refractivity contribution in [3.8, 4) is 12.3 Å². The molecule has 0 spiro atoms. The van der Waals surface area contributed by atoms with Crippen LogP contribution < -0.4 is 9.62 Å². The zero-order valence-corrected chi connectivity index (χ0v) is 17.4. The molecule has 1 atom stereocenters. The maximum atomic E-state index is 11.8. The van der Waals surface area contributed by atoms with Gasteiger partial charge in [-0.15, -0.1) is 6.42 Å². The summed E-state index contributed by atoms with van der Waals surface area (Å²) in [6.45, 7) is 2.40. The van der Waals surface area contributed by atoms with Crippen LogP contribution in [0, 0.1) is 12.3 Å². The van der Waals surface area contributed by atoms with E-state index in [1.54, 1.807) is 11.9 Å². The van der Waals surface area contributed by atoms with Gasteiger partial charge in [-0.05, 0) is 43.1 Å². The Morgan fingerprint density at radius 2 is 1.79 bits per heavy atom. The Hall–Kier alpha value is -3.10. The van der Waals surface area contributed by atoms with Crippen LogP contribution in [0.4, 0.5) is 11.4 Å². The van der Waals surface area contributed by atoms with Crippen LogP contribution >= 0.6 is 11.9 Å². The SMILES string of the molecule is C#CCN(c1ccc(NSc2ccccc2)c2ccccc12)[C@@H](C)CC(=O)OC. The maximum absolute atomic E-state index is 11.8. The summed E-state index contributed by atoms with van der Waals surface area (Å²) in [4.78, 5) is 15.0. The summed E-state index contributed by atoms with van der Waals surface area (Å²) in [7, 11) is 1.40. The molecular weight excluding hydrogens is 380 g/mol. The van der Waals surface area contributed by atoms with E-state index in [-0.39, 0.29) is 18.4 Å². The van der Waals surface area contributed by atoms with E-state index in [4.69, 9.17) is 11.2 Å². The summed E-state index contributed by atoms with van der Waals surface area (Å²) < 4.78 is 8.29. The average molecular weight is 405 g/mol. The van der Waals surface area contributed by atoms with E-state index in [9.17, 15) is 4.79 Å². The lowest BCUT2D eigenvalue weighted by atomic mass is 10.0. The topological polar surface area (TPSA) is 41.6 Å². The van der Waals surface area contributed by atoms with Gasteiger partial charge in [-0.1, -0.05) is 48.4 Å². The second-order valence-corrected chi connectivity index (χ2v) is 7.54. The lowest BCUT2D eigenvalue weighted by molar-refractivity contribution is -0.140. The van der Waals surface area contributed by atoms with Gasteiger partial charge in [0.15, 0.2) is 0 Å². The number of terminal acetylenes is 1. The van der Waals surface area contributed by atoms with Crippen LogP contribution in [0.1, 0.15) is 13.3 Å². The average Bonchev–Trinajstić information content (AvgIpc) is 2.76. The fourth-order valence-corrected chi connectivity index (χ4v) is 3.94. The second-order valence-electron chi connectivity index (χ2n) is 6.66. The molecule has 0 bridgehead atoms. The largest absolute Gasteiger partial charge is 0.469 e. The van der Waals surface area contributed by atoms with Gasteiger partial charge in [0.1, 0.15) is 0 Å². The minimum absolute atomic E-state index is 0.0839. The van der Waals surface area contributed by atoms with Crippen molar-refractivity contribution in [2.75, 3.05) is 23.3 Å². The van der Waals surface area contributed by atoms with E-state index in [1.165, 1.54) is 7.11 Å². The molecule has 3 aromatic rings. The van der Waals surface area contributed by atoms with Crippen LogP contribution in [0.5, 0.6) is 0 Å². The number of benzene rings is 3. The van der Waals surface area contributed by atoms with Crippen LogP contribution in [0.15, 0.2) is 71.6 Å². The molecule has 0 fully saturated rings. The quantitative estimate of drug-likeness (QED) is 0.311.